The summed E-state index contributed by atoms with van der Waals surface area (Å²) < 4.78 is 12.4. The molecule has 0 aliphatic rings. The summed E-state index contributed by atoms with van der Waals surface area (Å²) in [6.45, 7) is 4.39. The van der Waals surface area contributed by atoms with Gasteiger partial charge in [-0.15, -0.1) is 0 Å². The average molecular weight is 443 g/mol. The van der Waals surface area contributed by atoms with Crippen molar-refractivity contribution in [3.63, 3.8) is 0 Å². The Labute approximate surface area is 152 Å². The van der Waals surface area contributed by atoms with E-state index in [0.29, 0.717) is 33.8 Å². The van der Waals surface area contributed by atoms with E-state index in [0.717, 1.165) is 10.0 Å². The number of halogens is 2. The van der Waals surface area contributed by atoms with Crippen LogP contribution in [0.2, 0.25) is 0 Å². The van der Waals surface area contributed by atoms with Gasteiger partial charge in [0.1, 0.15) is 0 Å². The normalized spacial score (nSPS) is 10.3. The average Bonchev–Trinajstić information content (AvgIpc) is 2.51. The molecule has 0 heterocycles. The lowest BCUT2D eigenvalue weighted by Crippen LogP contribution is -2.13. The van der Waals surface area contributed by atoms with Gasteiger partial charge < -0.3 is 14.8 Å². The molecule has 4 nitrogen and oxygen atoms in total. The third-order valence-electron chi connectivity index (χ3n) is 3.15. The fourth-order valence-corrected chi connectivity index (χ4v) is 3.20. The van der Waals surface area contributed by atoms with Crippen molar-refractivity contribution >= 4 is 43.5 Å². The maximum Gasteiger partial charge on any atom is 0.255 e. The minimum Gasteiger partial charge on any atom is -0.493 e. The van der Waals surface area contributed by atoms with Crippen molar-refractivity contribution in [3.8, 4) is 11.5 Å². The second-order valence-corrected chi connectivity index (χ2v) is 6.57. The number of methoxy groups -OCH3 is 1. The highest BCUT2D eigenvalue weighted by Crippen LogP contribution is 2.37. The number of hydrogen-bond donors (Lipinski definition) is 1. The molecule has 6 heteroatoms. The van der Waals surface area contributed by atoms with Crippen LogP contribution in [0.5, 0.6) is 11.5 Å². The minimum atomic E-state index is -0.225. The van der Waals surface area contributed by atoms with Crippen molar-refractivity contribution in [3.05, 3.63) is 50.4 Å². The molecule has 0 aromatic heterocycles. The fourth-order valence-electron chi connectivity index (χ4n) is 2.05. The van der Waals surface area contributed by atoms with Gasteiger partial charge in [-0.2, -0.15) is 0 Å². The van der Waals surface area contributed by atoms with Gasteiger partial charge in [-0.05, 0) is 75.5 Å². The van der Waals surface area contributed by atoms with E-state index >= 15 is 0 Å². The van der Waals surface area contributed by atoms with Gasteiger partial charge in [-0.1, -0.05) is 6.07 Å². The van der Waals surface area contributed by atoms with Gasteiger partial charge in [0.15, 0.2) is 11.5 Å². The first-order chi connectivity index (χ1) is 11.0. The standard InChI is InChI=1S/C17H17Br2NO3/c1-4-23-16-13(19)8-11(9-15(16)22-3)17(21)20-14-6-5-10(2)7-12(14)18/h5-9H,4H2,1-3H3,(H,20,21). The van der Waals surface area contributed by atoms with Crippen LogP contribution in [0.1, 0.15) is 22.8 Å². The van der Waals surface area contributed by atoms with Gasteiger partial charge in [-0.3, -0.25) is 4.79 Å². The molecule has 0 saturated carbocycles. The summed E-state index contributed by atoms with van der Waals surface area (Å²) in [6.07, 6.45) is 0. The van der Waals surface area contributed by atoms with Crippen molar-refractivity contribution < 1.29 is 14.3 Å². The van der Waals surface area contributed by atoms with E-state index in [2.05, 4.69) is 37.2 Å². The van der Waals surface area contributed by atoms with E-state index in [1.165, 1.54) is 0 Å². The molecule has 23 heavy (non-hydrogen) atoms. The molecule has 0 fully saturated rings. The molecule has 0 aliphatic heterocycles. The van der Waals surface area contributed by atoms with Gasteiger partial charge >= 0.3 is 0 Å². The highest BCUT2D eigenvalue weighted by Gasteiger charge is 2.16. The second kappa shape index (κ2) is 7.84. The molecule has 0 spiro atoms. The third kappa shape index (κ3) is 4.26. The molecular formula is C17H17Br2NO3. The van der Waals surface area contributed by atoms with Gasteiger partial charge in [0, 0.05) is 10.0 Å². The zero-order valence-electron chi connectivity index (χ0n) is 13.1. The Morgan fingerprint density at radius 3 is 2.52 bits per heavy atom. The Hall–Kier alpha value is -1.53. The number of rotatable bonds is 5. The number of carbonyl (C=O) groups excluding carboxylic acids is 1. The molecule has 1 N–H and O–H groups in total. The molecule has 0 aliphatic carbocycles. The lowest BCUT2D eigenvalue weighted by atomic mass is 10.1. The predicted molar refractivity (Wildman–Crippen MR) is 98.7 cm³/mol. The maximum atomic E-state index is 12.5. The van der Waals surface area contributed by atoms with Crippen LogP contribution in [0.4, 0.5) is 5.69 Å². The summed E-state index contributed by atoms with van der Waals surface area (Å²) in [6, 6.07) is 9.12. The van der Waals surface area contributed by atoms with Gasteiger partial charge in [0.05, 0.1) is 23.9 Å². The van der Waals surface area contributed by atoms with Crippen LogP contribution in [0, 0.1) is 6.92 Å². The smallest absolute Gasteiger partial charge is 0.255 e. The van der Waals surface area contributed by atoms with E-state index in [1.54, 1.807) is 19.2 Å². The largest absolute Gasteiger partial charge is 0.493 e. The number of amides is 1. The Kier molecular flexibility index (Phi) is 6.07. The summed E-state index contributed by atoms with van der Waals surface area (Å²) >= 11 is 6.88. The molecule has 1 amide bonds. The summed E-state index contributed by atoms with van der Waals surface area (Å²) in [5.41, 5.74) is 2.30. The first kappa shape index (κ1) is 17.8. The number of benzene rings is 2. The Morgan fingerprint density at radius 1 is 1.17 bits per heavy atom. The topological polar surface area (TPSA) is 47.6 Å². The third-order valence-corrected chi connectivity index (χ3v) is 4.40. The molecule has 122 valence electrons. The molecule has 0 atom stereocenters. The van der Waals surface area contributed by atoms with Gasteiger partial charge in [0.25, 0.3) is 5.91 Å². The summed E-state index contributed by atoms with van der Waals surface area (Å²) in [5.74, 6) is 0.869. The summed E-state index contributed by atoms with van der Waals surface area (Å²) in [7, 11) is 1.54. The molecule has 2 aromatic carbocycles. The van der Waals surface area contributed by atoms with E-state index in [9.17, 15) is 4.79 Å². The van der Waals surface area contributed by atoms with Crippen molar-refractivity contribution in [1.29, 1.82) is 0 Å². The molecule has 0 radical (unpaired) electrons. The molecular weight excluding hydrogens is 426 g/mol. The number of anilines is 1. The number of aryl methyl sites for hydroxylation is 1. The number of carbonyl (C=O) groups is 1. The molecule has 0 saturated heterocycles. The summed E-state index contributed by atoms with van der Waals surface area (Å²) in [5, 5.41) is 2.88. The van der Waals surface area contributed by atoms with E-state index in [-0.39, 0.29) is 5.91 Å². The fraction of sp³-hybridized carbons (Fsp3) is 0.235. The lowest BCUT2D eigenvalue weighted by Gasteiger charge is -2.14. The maximum absolute atomic E-state index is 12.5. The molecule has 0 unspecified atom stereocenters. The van der Waals surface area contributed by atoms with E-state index in [4.69, 9.17) is 9.47 Å². The Balaban J connectivity index is 2.30. The zero-order chi connectivity index (χ0) is 17.0. The predicted octanol–water partition coefficient (Wildman–Crippen LogP) is 5.18. The van der Waals surface area contributed by atoms with Crippen molar-refractivity contribution in [2.45, 2.75) is 13.8 Å². The SMILES string of the molecule is CCOc1c(Br)cc(C(=O)Nc2ccc(C)cc2Br)cc1OC. The highest BCUT2D eigenvalue weighted by atomic mass is 79.9. The number of nitrogens with one attached hydrogen (secondary N) is 1. The highest BCUT2D eigenvalue weighted by molar-refractivity contribution is 9.11. The molecule has 2 rings (SSSR count). The van der Waals surface area contributed by atoms with Crippen molar-refractivity contribution in [2.75, 3.05) is 19.0 Å². The van der Waals surface area contributed by atoms with Crippen LogP contribution in [0.3, 0.4) is 0 Å². The summed E-state index contributed by atoms with van der Waals surface area (Å²) in [4.78, 5) is 12.5. The van der Waals surface area contributed by atoms with Crippen LogP contribution in [0.15, 0.2) is 39.3 Å². The van der Waals surface area contributed by atoms with E-state index < -0.39 is 0 Å². The van der Waals surface area contributed by atoms with Crippen LogP contribution < -0.4 is 14.8 Å². The first-order valence-corrected chi connectivity index (χ1v) is 8.62. The van der Waals surface area contributed by atoms with E-state index in [1.807, 2.05) is 32.0 Å². The van der Waals surface area contributed by atoms with Crippen LogP contribution >= 0.6 is 31.9 Å². The van der Waals surface area contributed by atoms with Gasteiger partial charge in [-0.25, -0.2) is 0 Å². The van der Waals surface area contributed by atoms with Crippen molar-refractivity contribution in [2.24, 2.45) is 0 Å². The zero-order valence-corrected chi connectivity index (χ0v) is 16.2. The molecule has 2 aromatic rings. The van der Waals surface area contributed by atoms with Crippen molar-refractivity contribution in [1.82, 2.24) is 0 Å². The quantitative estimate of drug-likeness (QED) is 0.693. The van der Waals surface area contributed by atoms with Gasteiger partial charge in [0.2, 0.25) is 0 Å². The van der Waals surface area contributed by atoms with Crippen LogP contribution in [-0.2, 0) is 0 Å². The Morgan fingerprint density at radius 2 is 1.91 bits per heavy atom. The monoisotopic (exact) mass is 441 g/mol. The number of hydrogen-bond acceptors (Lipinski definition) is 3. The minimum absolute atomic E-state index is 0.225. The second-order valence-electron chi connectivity index (χ2n) is 4.86. The van der Waals surface area contributed by atoms with Crippen LogP contribution in [0.25, 0.3) is 0 Å². The number of ether oxygens (including phenoxy) is 2. The Bertz CT molecular complexity index is 732. The first-order valence-electron chi connectivity index (χ1n) is 7.04. The lowest BCUT2D eigenvalue weighted by molar-refractivity contribution is 0.102. The molecule has 0 bridgehead atoms. The van der Waals surface area contributed by atoms with Crippen LogP contribution in [-0.4, -0.2) is 19.6 Å².